The normalized spacial score (nSPS) is 16.0. The number of aryl methyl sites for hydroxylation is 2. The summed E-state index contributed by atoms with van der Waals surface area (Å²) in [5.41, 5.74) is 4.41. The summed E-state index contributed by atoms with van der Waals surface area (Å²) < 4.78 is 0. The Morgan fingerprint density at radius 2 is 1.61 bits per heavy atom. The highest BCUT2D eigenvalue weighted by Gasteiger charge is 2.31. The molecule has 3 rings (SSSR count). The summed E-state index contributed by atoms with van der Waals surface area (Å²) in [6.07, 6.45) is 0.266. The van der Waals surface area contributed by atoms with Gasteiger partial charge in [-0.25, -0.2) is 4.79 Å². The number of benzene rings is 2. The molecular weight excluding hydrogens is 356 g/mol. The van der Waals surface area contributed by atoms with E-state index < -0.39 is 0 Å². The molecule has 0 spiro atoms. The lowest BCUT2D eigenvalue weighted by atomic mass is 10.1. The van der Waals surface area contributed by atoms with E-state index in [0.29, 0.717) is 17.9 Å². The first-order valence-corrected chi connectivity index (χ1v) is 9.14. The molecule has 7 heteroatoms. The minimum absolute atomic E-state index is 0.00628. The average Bonchev–Trinajstić information content (AvgIpc) is 2.98. The lowest BCUT2D eigenvalue weighted by molar-refractivity contribution is -0.117. The van der Waals surface area contributed by atoms with E-state index in [0.717, 1.165) is 11.3 Å². The predicted octanol–water partition coefficient (Wildman–Crippen LogP) is 3.19. The van der Waals surface area contributed by atoms with Crippen LogP contribution in [0.25, 0.3) is 0 Å². The second-order valence-corrected chi connectivity index (χ2v) is 7.03. The van der Waals surface area contributed by atoms with E-state index in [2.05, 4.69) is 16.0 Å². The molecule has 0 saturated carbocycles. The van der Waals surface area contributed by atoms with Gasteiger partial charge in [0.1, 0.15) is 0 Å². The predicted molar refractivity (Wildman–Crippen MR) is 110 cm³/mol. The summed E-state index contributed by atoms with van der Waals surface area (Å²) in [5.74, 6) is -0.161. The van der Waals surface area contributed by atoms with Gasteiger partial charge >= 0.3 is 6.03 Å². The Balaban J connectivity index is 1.56. The van der Waals surface area contributed by atoms with E-state index in [4.69, 9.17) is 0 Å². The van der Waals surface area contributed by atoms with Gasteiger partial charge in [0.2, 0.25) is 11.8 Å². The second-order valence-electron chi connectivity index (χ2n) is 7.03. The van der Waals surface area contributed by atoms with Gasteiger partial charge < -0.3 is 20.9 Å². The maximum atomic E-state index is 12.4. The Morgan fingerprint density at radius 1 is 0.964 bits per heavy atom. The molecule has 1 saturated heterocycles. The number of anilines is 3. The molecule has 7 nitrogen and oxygen atoms in total. The highest BCUT2D eigenvalue weighted by atomic mass is 16.2. The zero-order valence-corrected chi connectivity index (χ0v) is 16.2. The molecule has 3 N–H and O–H groups in total. The zero-order chi connectivity index (χ0) is 20.3. The van der Waals surface area contributed by atoms with Crippen molar-refractivity contribution >= 4 is 34.9 Å². The molecule has 2 aromatic carbocycles. The Bertz CT molecular complexity index is 908. The average molecular weight is 380 g/mol. The van der Waals surface area contributed by atoms with Crippen LogP contribution in [0.4, 0.5) is 21.9 Å². The fourth-order valence-electron chi connectivity index (χ4n) is 3.14. The molecule has 1 aliphatic rings. The van der Waals surface area contributed by atoms with Crippen LogP contribution in [0.5, 0.6) is 0 Å². The van der Waals surface area contributed by atoms with Gasteiger partial charge in [-0.3, -0.25) is 9.59 Å². The van der Waals surface area contributed by atoms with Crippen LogP contribution < -0.4 is 20.9 Å². The van der Waals surface area contributed by atoms with Gasteiger partial charge in [0, 0.05) is 37.0 Å². The first-order valence-electron chi connectivity index (χ1n) is 9.14. The maximum Gasteiger partial charge on any atom is 0.319 e. The highest BCUT2D eigenvalue weighted by molar-refractivity contribution is 5.98. The smallest absolute Gasteiger partial charge is 0.319 e. The third-order valence-electron chi connectivity index (χ3n) is 4.73. The Kier molecular flexibility index (Phi) is 5.63. The van der Waals surface area contributed by atoms with Gasteiger partial charge in [0.05, 0.1) is 6.04 Å². The van der Waals surface area contributed by atoms with Gasteiger partial charge in [-0.15, -0.1) is 0 Å². The number of hydrogen-bond acceptors (Lipinski definition) is 3. The van der Waals surface area contributed by atoms with Crippen molar-refractivity contribution in [1.29, 1.82) is 0 Å². The SMILES string of the molecule is CC(=O)Nc1ccc(NC(=O)N[C@H]2CC(=O)N(c3ccc(C)c(C)c3)C2)cc1. The van der Waals surface area contributed by atoms with Gasteiger partial charge in [-0.2, -0.15) is 0 Å². The fraction of sp³-hybridized carbons (Fsp3) is 0.286. The molecule has 0 aromatic heterocycles. The monoisotopic (exact) mass is 380 g/mol. The largest absolute Gasteiger partial charge is 0.333 e. The summed E-state index contributed by atoms with van der Waals surface area (Å²) >= 11 is 0. The van der Waals surface area contributed by atoms with Crippen LogP contribution >= 0.6 is 0 Å². The van der Waals surface area contributed by atoms with E-state index in [1.807, 2.05) is 32.0 Å². The highest BCUT2D eigenvalue weighted by Crippen LogP contribution is 2.24. The summed E-state index contributed by atoms with van der Waals surface area (Å²) in [6.45, 7) is 5.92. The topological polar surface area (TPSA) is 90.5 Å². The van der Waals surface area contributed by atoms with Crippen molar-refractivity contribution in [1.82, 2.24) is 5.32 Å². The zero-order valence-electron chi connectivity index (χ0n) is 16.2. The number of urea groups is 1. The van der Waals surface area contributed by atoms with E-state index in [-0.39, 0.29) is 30.3 Å². The Hall–Kier alpha value is -3.35. The van der Waals surface area contributed by atoms with Crippen molar-refractivity contribution in [2.24, 2.45) is 0 Å². The lowest BCUT2D eigenvalue weighted by Crippen LogP contribution is -2.39. The molecule has 1 heterocycles. The van der Waals surface area contributed by atoms with Crippen LogP contribution in [0.2, 0.25) is 0 Å². The van der Waals surface area contributed by atoms with Crippen LogP contribution in [-0.2, 0) is 9.59 Å². The van der Waals surface area contributed by atoms with Gasteiger partial charge in [0.15, 0.2) is 0 Å². The molecule has 1 atom stereocenters. The van der Waals surface area contributed by atoms with E-state index in [9.17, 15) is 14.4 Å². The van der Waals surface area contributed by atoms with E-state index >= 15 is 0 Å². The van der Waals surface area contributed by atoms with E-state index in [1.165, 1.54) is 12.5 Å². The molecule has 2 aromatic rings. The Morgan fingerprint density at radius 3 is 2.21 bits per heavy atom. The van der Waals surface area contributed by atoms with Crippen LogP contribution in [0.15, 0.2) is 42.5 Å². The number of carbonyl (C=O) groups excluding carboxylic acids is 3. The summed E-state index contributed by atoms with van der Waals surface area (Å²) in [7, 11) is 0. The molecule has 0 radical (unpaired) electrons. The van der Waals surface area contributed by atoms with Crippen LogP contribution in [0.3, 0.4) is 0 Å². The molecule has 1 fully saturated rings. The molecular formula is C21H24N4O3. The Labute approximate surface area is 164 Å². The number of hydrogen-bond donors (Lipinski definition) is 3. The molecule has 0 unspecified atom stereocenters. The van der Waals surface area contributed by atoms with Crippen LogP contribution in [0, 0.1) is 13.8 Å². The van der Waals surface area contributed by atoms with Crippen molar-refractivity contribution in [3.05, 3.63) is 53.6 Å². The van der Waals surface area contributed by atoms with E-state index in [1.54, 1.807) is 29.2 Å². The van der Waals surface area contributed by atoms with Gasteiger partial charge in [0.25, 0.3) is 0 Å². The van der Waals surface area contributed by atoms with Gasteiger partial charge in [-0.1, -0.05) is 6.07 Å². The van der Waals surface area contributed by atoms with Crippen LogP contribution in [-0.4, -0.2) is 30.4 Å². The summed E-state index contributed by atoms with van der Waals surface area (Å²) in [6, 6.07) is 12.1. The van der Waals surface area contributed by atoms with Crippen molar-refractivity contribution < 1.29 is 14.4 Å². The first-order chi connectivity index (χ1) is 13.3. The minimum Gasteiger partial charge on any atom is -0.333 e. The molecule has 1 aliphatic heterocycles. The molecule has 0 aliphatic carbocycles. The maximum absolute atomic E-state index is 12.4. The first kappa shape index (κ1) is 19.4. The number of nitrogens with zero attached hydrogens (tertiary/aromatic N) is 1. The molecule has 28 heavy (non-hydrogen) atoms. The van der Waals surface area contributed by atoms with Crippen molar-refractivity contribution in [3.8, 4) is 0 Å². The van der Waals surface area contributed by atoms with Crippen LogP contribution in [0.1, 0.15) is 24.5 Å². The third kappa shape index (κ3) is 4.68. The number of carbonyl (C=O) groups is 3. The fourth-order valence-corrected chi connectivity index (χ4v) is 3.14. The second kappa shape index (κ2) is 8.12. The number of nitrogens with one attached hydrogen (secondary N) is 3. The molecule has 4 amide bonds. The summed E-state index contributed by atoms with van der Waals surface area (Å²) in [5, 5.41) is 8.26. The number of amides is 4. The minimum atomic E-state index is -0.369. The quantitative estimate of drug-likeness (QED) is 0.761. The summed E-state index contributed by atoms with van der Waals surface area (Å²) in [4.78, 5) is 37.4. The standard InChI is InChI=1S/C21H24N4O3/c1-13-4-9-19(10-14(13)2)25-12-18(11-20(25)27)24-21(28)23-17-7-5-16(6-8-17)22-15(3)26/h4-10,18H,11-12H2,1-3H3,(H,22,26)(H2,23,24,28)/t18-/m0/s1. The van der Waals surface area contributed by atoms with Crippen molar-refractivity contribution in [2.45, 2.75) is 33.2 Å². The molecule has 0 bridgehead atoms. The lowest BCUT2D eigenvalue weighted by Gasteiger charge is -2.18. The van der Waals surface area contributed by atoms with Crippen molar-refractivity contribution in [3.63, 3.8) is 0 Å². The van der Waals surface area contributed by atoms with Gasteiger partial charge in [-0.05, 0) is 61.4 Å². The number of rotatable bonds is 4. The molecule has 146 valence electrons. The third-order valence-corrected chi connectivity index (χ3v) is 4.73. The van der Waals surface area contributed by atoms with Crippen molar-refractivity contribution in [2.75, 3.05) is 22.1 Å².